The maximum absolute atomic E-state index is 11.5. The highest BCUT2D eigenvalue weighted by atomic mass is 32.1. The fourth-order valence-electron chi connectivity index (χ4n) is 1.63. The minimum absolute atomic E-state index is 0.0335. The Morgan fingerprint density at radius 1 is 1.05 bits per heavy atom. The molecule has 112 valence electrons. The van der Waals surface area contributed by atoms with Crippen LogP contribution in [0.4, 0.5) is 0 Å². The third-order valence-electron chi connectivity index (χ3n) is 2.70. The summed E-state index contributed by atoms with van der Waals surface area (Å²) >= 11 is 8.61. The molecule has 2 N–H and O–H groups in total. The molecule has 0 aromatic rings. The zero-order valence-corrected chi connectivity index (χ0v) is 13.4. The third-order valence-corrected chi connectivity index (χ3v) is 3.48. The van der Waals surface area contributed by atoms with E-state index >= 15 is 0 Å². The van der Waals surface area contributed by atoms with Gasteiger partial charge in [0.25, 0.3) is 0 Å². The Labute approximate surface area is 127 Å². The first kappa shape index (κ1) is 18.6. The Morgan fingerprint density at radius 2 is 1.74 bits per heavy atom. The molecule has 4 nitrogen and oxygen atoms in total. The van der Waals surface area contributed by atoms with Crippen molar-refractivity contribution in [3.05, 3.63) is 0 Å². The monoisotopic (exact) mass is 306 g/mol. The van der Waals surface area contributed by atoms with Crippen LogP contribution in [0.3, 0.4) is 0 Å². The lowest BCUT2D eigenvalue weighted by molar-refractivity contribution is -0.121. The lowest BCUT2D eigenvalue weighted by Crippen LogP contribution is -2.28. The molecule has 0 rings (SSSR count). The maximum atomic E-state index is 11.5. The largest absolute Gasteiger partial charge is 0.356 e. The van der Waals surface area contributed by atoms with E-state index in [4.69, 9.17) is 0 Å². The zero-order valence-electron chi connectivity index (χ0n) is 11.7. The Hall–Kier alpha value is -0.360. The Balaban J connectivity index is 3.32. The molecule has 0 radical (unpaired) electrons. The number of nitrogens with one attached hydrogen (secondary N) is 2. The van der Waals surface area contributed by atoms with Crippen LogP contribution in [0.25, 0.3) is 0 Å². The van der Waals surface area contributed by atoms with E-state index in [0.29, 0.717) is 24.8 Å². The van der Waals surface area contributed by atoms with Gasteiger partial charge in [-0.3, -0.25) is 9.59 Å². The molecular weight excluding hydrogens is 280 g/mol. The topological polar surface area (TPSA) is 58.2 Å². The number of thiol groups is 2. The van der Waals surface area contributed by atoms with Crippen LogP contribution >= 0.6 is 25.3 Å². The van der Waals surface area contributed by atoms with Crippen LogP contribution in [0.15, 0.2) is 0 Å². The Morgan fingerprint density at radius 3 is 2.37 bits per heavy atom. The van der Waals surface area contributed by atoms with E-state index in [9.17, 15) is 9.59 Å². The number of unbranched alkanes of at least 4 members (excludes halogenated alkanes) is 1. The van der Waals surface area contributed by atoms with Crippen LogP contribution in [0.2, 0.25) is 0 Å². The van der Waals surface area contributed by atoms with Gasteiger partial charge in [0.15, 0.2) is 0 Å². The summed E-state index contributed by atoms with van der Waals surface area (Å²) < 4.78 is 0. The van der Waals surface area contributed by atoms with Crippen molar-refractivity contribution in [3.8, 4) is 0 Å². The molecule has 0 bridgehead atoms. The van der Waals surface area contributed by atoms with E-state index in [2.05, 4.69) is 35.9 Å². The molecule has 0 saturated carbocycles. The second kappa shape index (κ2) is 12.7. The second-order valence-electron chi connectivity index (χ2n) is 4.60. The minimum Gasteiger partial charge on any atom is -0.356 e. The van der Waals surface area contributed by atoms with Crippen molar-refractivity contribution in [2.75, 3.05) is 18.8 Å². The second-order valence-corrected chi connectivity index (χ2v) is 5.78. The Kier molecular flexibility index (Phi) is 12.4. The van der Waals surface area contributed by atoms with Crippen LogP contribution in [-0.4, -0.2) is 35.9 Å². The summed E-state index contributed by atoms with van der Waals surface area (Å²) in [4.78, 5) is 22.1. The van der Waals surface area contributed by atoms with Gasteiger partial charge in [0.1, 0.15) is 0 Å². The third kappa shape index (κ3) is 13.9. The van der Waals surface area contributed by atoms with Crippen molar-refractivity contribution >= 4 is 37.1 Å². The predicted octanol–water partition coefficient (Wildman–Crippen LogP) is 1.81. The van der Waals surface area contributed by atoms with E-state index < -0.39 is 0 Å². The van der Waals surface area contributed by atoms with Crippen LogP contribution in [-0.2, 0) is 9.59 Å². The van der Waals surface area contributed by atoms with Crippen molar-refractivity contribution in [1.29, 1.82) is 0 Å². The van der Waals surface area contributed by atoms with Crippen molar-refractivity contribution in [2.24, 2.45) is 0 Å². The molecule has 0 spiro atoms. The maximum Gasteiger partial charge on any atom is 0.219 e. The fourth-order valence-corrected chi connectivity index (χ4v) is 2.45. The molecule has 1 unspecified atom stereocenters. The summed E-state index contributed by atoms with van der Waals surface area (Å²) in [5.41, 5.74) is 0. The molecule has 19 heavy (non-hydrogen) atoms. The van der Waals surface area contributed by atoms with Crippen molar-refractivity contribution in [2.45, 2.75) is 50.7 Å². The molecule has 0 aromatic heterocycles. The van der Waals surface area contributed by atoms with Crippen LogP contribution < -0.4 is 10.6 Å². The summed E-state index contributed by atoms with van der Waals surface area (Å²) in [6, 6.07) is 0. The first-order chi connectivity index (χ1) is 9.06. The predicted molar refractivity (Wildman–Crippen MR) is 86.0 cm³/mol. The molecule has 0 heterocycles. The van der Waals surface area contributed by atoms with E-state index in [1.54, 1.807) is 0 Å². The first-order valence-corrected chi connectivity index (χ1v) is 8.01. The molecule has 2 amide bonds. The molecule has 0 saturated heterocycles. The molecule has 6 heteroatoms. The number of amides is 2. The van der Waals surface area contributed by atoms with Gasteiger partial charge < -0.3 is 10.6 Å². The zero-order chi connectivity index (χ0) is 14.5. The smallest absolute Gasteiger partial charge is 0.219 e. The quantitative estimate of drug-likeness (QED) is 0.348. The summed E-state index contributed by atoms with van der Waals surface area (Å²) in [6.07, 6.45) is 5.33. The average Bonchev–Trinajstić information content (AvgIpc) is 2.34. The van der Waals surface area contributed by atoms with Gasteiger partial charge in [-0.1, -0.05) is 6.42 Å². The van der Waals surface area contributed by atoms with Gasteiger partial charge in [-0.15, -0.1) is 0 Å². The van der Waals surface area contributed by atoms with Crippen LogP contribution in [0.5, 0.6) is 0 Å². The van der Waals surface area contributed by atoms with Crippen LogP contribution in [0.1, 0.15) is 45.4 Å². The summed E-state index contributed by atoms with van der Waals surface area (Å²) in [6.45, 7) is 2.72. The molecule has 0 aliphatic rings. The van der Waals surface area contributed by atoms with E-state index in [1.165, 1.54) is 6.92 Å². The van der Waals surface area contributed by atoms with E-state index in [-0.39, 0.29) is 11.8 Å². The summed E-state index contributed by atoms with van der Waals surface area (Å²) in [5, 5.41) is 5.94. The number of hydrogen-bond donors (Lipinski definition) is 4. The summed E-state index contributed by atoms with van der Waals surface area (Å²) in [7, 11) is 0. The van der Waals surface area contributed by atoms with Crippen molar-refractivity contribution in [3.63, 3.8) is 0 Å². The highest BCUT2D eigenvalue weighted by molar-refractivity contribution is 7.81. The highest BCUT2D eigenvalue weighted by Crippen LogP contribution is 2.12. The van der Waals surface area contributed by atoms with Gasteiger partial charge in [-0.25, -0.2) is 0 Å². The van der Waals surface area contributed by atoms with Gasteiger partial charge in [-0.05, 0) is 31.4 Å². The van der Waals surface area contributed by atoms with Gasteiger partial charge in [-0.2, -0.15) is 25.3 Å². The lowest BCUT2D eigenvalue weighted by atomic mass is 10.1. The van der Waals surface area contributed by atoms with Crippen molar-refractivity contribution < 1.29 is 9.59 Å². The van der Waals surface area contributed by atoms with Crippen molar-refractivity contribution in [1.82, 2.24) is 10.6 Å². The van der Waals surface area contributed by atoms with Gasteiger partial charge in [0.05, 0.1) is 0 Å². The average molecular weight is 306 g/mol. The number of carbonyl (C=O) groups excluding carboxylic acids is 2. The lowest BCUT2D eigenvalue weighted by Gasteiger charge is -2.08. The van der Waals surface area contributed by atoms with Crippen LogP contribution in [0, 0.1) is 0 Å². The molecular formula is C13H26N2O2S2. The number of carbonyl (C=O) groups is 2. The normalized spacial score (nSPS) is 11.9. The molecule has 0 aromatic carbocycles. The van der Waals surface area contributed by atoms with E-state index in [0.717, 1.165) is 37.9 Å². The molecule has 0 aliphatic heterocycles. The Bertz CT molecular complexity index is 263. The fraction of sp³-hybridized carbons (Fsp3) is 0.846. The number of hydrogen-bond acceptors (Lipinski definition) is 4. The first-order valence-electron chi connectivity index (χ1n) is 6.86. The molecule has 0 fully saturated rings. The van der Waals surface area contributed by atoms with E-state index in [1.807, 2.05) is 0 Å². The molecule has 1 atom stereocenters. The SMILES string of the molecule is CC(=O)NCCCNC(=O)CCCCC(S)CCS. The van der Waals surface area contributed by atoms with Gasteiger partial charge in [0.2, 0.25) is 11.8 Å². The standard InChI is InChI=1S/C13H26N2O2S2/c1-11(16)14-8-4-9-15-13(17)6-3-2-5-12(19)7-10-18/h12,18-19H,2-10H2,1H3,(H,14,16)(H,15,17). The van der Waals surface area contributed by atoms with Gasteiger partial charge >= 0.3 is 0 Å². The summed E-state index contributed by atoms with van der Waals surface area (Å²) in [5.74, 6) is 0.921. The highest BCUT2D eigenvalue weighted by Gasteiger charge is 2.04. The minimum atomic E-state index is -0.0335. The van der Waals surface area contributed by atoms with Gasteiger partial charge in [0, 0.05) is 31.7 Å². The number of rotatable bonds is 11. The molecule has 0 aliphatic carbocycles.